The van der Waals surface area contributed by atoms with E-state index < -0.39 is 0 Å². The molecule has 0 N–H and O–H groups in total. The highest BCUT2D eigenvalue weighted by Gasteiger charge is 2.05. The first-order chi connectivity index (χ1) is 6.68. The summed E-state index contributed by atoms with van der Waals surface area (Å²) >= 11 is 0. The molecule has 0 amide bonds. The third-order valence-electron chi connectivity index (χ3n) is 2.46. The number of hydrogen-bond acceptors (Lipinski definition) is 2. The van der Waals surface area contributed by atoms with Gasteiger partial charge in [-0.15, -0.1) is 0 Å². The van der Waals surface area contributed by atoms with Gasteiger partial charge < -0.3 is 9.47 Å². The summed E-state index contributed by atoms with van der Waals surface area (Å²) in [5.74, 6) is 0.624. The molecule has 0 heterocycles. The van der Waals surface area contributed by atoms with Crippen LogP contribution in [0.15, 0.2) is 0 Å². The minimum atomic E-state index is 0.391. The van der Waals surface area contributed by atoms with Crippen molar-refractivity contribution in [3.8, 4) is 0 Å². The molecule has 0 fully saturated rings. The van der Waals surface area contributed by atoms with Crippen LogP contribution < -0.4 is 0 Å². The maximum Gasteiger partial charge on any atom is 0.0569 e. The van der Waals surface area contributed by atoms with E-state index >= 15 is 0 Å². The Labute approximate surface area is 89.0 Å². The Morgan fingerprint density at radius 1 is 0.929 bits per heavy atom. The number of hydrogen-bond donors (Lipinski definition) is 0. The zero-order chi connectivity index (χ0) is 10.8. The Balaban J connectivity index is 3.06. The van der Waals surface area contributed by atoms with Crippen molar-refractivity contribution in [3.63, 3.8) is 0 Å². The molecule has 0 aromatic carbocycles. The SMILES string of the molecule is CCOCCCCCO[C@H](C)C(C)C. The lowest BCUT2D eigenvalue weighted by molar-refractivity contribution is 0.0322. The van der Waals surface area contributed by atoms with Gasteiger partial charge in [-0.25, -0.2) is 0 Å². The summed E-state index contributed by atoms with van der Waals surface area (Å²) in [6.45, 7) is 11.2. The van der Waals surface area contributed by atoms with Gasteiger partial charge in [-0.05, 0) is 39.0 Å². The molecule has 0 rings (SSSR count). The molecule has 0 aliphatic heterocycles. The molecular formula is C12H26O2. The van der Waals surface area contributed by atoms with Gasteiger partial charge in [-0.2, -0.15) is 0 Å². The van der Waals surface area contributed by atoms with Crippen LogP contribution >= 0.6 is 0 Å². The highest BCUT2D eigenvalue weighted by Crippen LogP contribution is 2.06. The van der Waals surface area contributed by atoms with Gasteiger partial charge in [0, 0.05) is 19.8 Å². The molecule has 0 spiro atoms. The molecule has 0 aliphatic carbocycles. The second-order valence-corrected chi connectivity index (χ2v) is 4.08. The van der Waals surface area contributed by atoms with Crippen LogP contribution in [0.2, 0.25) is 0 Å². The van der Waals surface area contributed by atoms with Crippen LogP contribution in [0.5, 0.6) is 0 Å². The number of rotatable bonds is 9. The lowest BCUT2D eigenvalue weighted by Crippen LogP contribution is -2.16. The summed E-state index contributed by atoms with van der Waals surface area (Å²) in [5, 5.41) is 0. The summed E-state index contributed by atoms with van der Waals surface area (Å²) in [5.41, 5.74) is 0. The molecule has 86 valence electrons. The van der Waals surface area contributed by atoms with E-state index in [0.29, 0.717) is 12.0 Å². The molecule has 0 aliphatic rings. The van der Waals surface area contributed by atoms with Crippen molar-refractivity contribution in [3.05, 3.63) is 0 Å². The quantitative estimate of drug-likeness (QED) is 0.534. The normalized spacial score (nSPS) is 13.5. The van der Waals surface area contributed by atoms with E-state index in [-0.39, 0.29) is 0 Å². The van der Waals surface area contributed by atoms with Gasteiger partial charge in [0.1, 0.15) is 0 Å². The van der Waals surface area contributed by atoms with Crippen molar-refractivity contribution >= 4 is 0 Å². The van der Waals surface area contributed by atoms with Crippen molar-refractivity contribution in [2.75, 3.05) is 19.8 Å². The predicted molar refractivity (Wildman–Crippen MR) is 60.6 cm³/mol. The van der Waals surface area contributed by atoms with Crippen molar-refractivity contribution < 1.29 is 9.47 Å². The average Bonchev–Trinajstić information content (AvgIpc) is 2.16. The second kappa shape index (κ2) is 9.47. The molecule has 0 saturated carbocycles. The molecule has 2 nitrogen and oxygen atoms in total. The molecule has 14 heavy (non-hydrogen) atoms. The van der Waals surface area contributed by atoms with E-state index in [2.05, 4.69) is 20.8 Å². The average molecular weight is 202 g/mol. The van der Waals surface area contributed by atoms with Crippen LogP contribution in [0, 0.1) is 5.92 Å². The lowest BCUT2D eigenvalue weighted by Gasteiger charge is -2.16. The predicted octanol–water partition coefficient (Wildman–Crippen LogP) is 3.25. The largest absolute Gasteiger partial charge is 0.382 e. The van der Waals surface area contributed by atoms with Gasteiger partial charge in [-0.1, -0.05) is 13.8 Å². The van der Waals surface area contributed by atoms with Crippen LogP contribution in [0.25, 0.3) is 0 Å². The van der Waals surface area contributed by atoms with Gasteiger partial charge in [-0.3, -0.25) is 0 Å². The van der Waals surface area contributed by atoms with Gasteiger partial charge in [0.2, 0.25) is 0 Å². The summed E-state index contributed by atoms with van der Waals surface area (Å²) in [7, 11) is 0. The first-order valence-corrected chi connectivity index (χ1v) is 5.87. The molecule has 1 atom stereocenters. The second-order valence-electron chi connectivity index (χ2n) is 4.08. The molecule has 0 aromatic heterocycles. The van der Waals surface area contributed by atoms with E-state index in [1.165, 1.54) is 6.42 Å². The molecule has 0 radical (unpaired) electrons. The fraction of sp³-hybridized carbons (Fsp3) is 1.00. The van der Waals surface area contributed by atoms with E-state index in [0.717, 1.165) is 32.7 Å². The van der Waals surface area contributed by atoms with Crippen molar-refractivity contribution in [1.82, 2.24) is 0 Å². The minimum Gasteiger partial charge on any atom is -0.382 e. The summed E-state index contributed by atoms with van der Waals surface area (Å²) < 4.78 is 10.9. The highest BCUT2D eigenvalue weighted by atomic mass is 16.5. The van der Waals surface area contributed by atoms with Crippen molar-refractivity contribution in [2.45, 2.75) is 53.1 Å². The van der Waals surface area contributed by atoms with Gasteiger partial charge in [0.05, 0.1) is 6.10 Å². The van der Waals surface area contributed by atoms with Crippen LogP contribution in [0.3, 0.4) is 0 Å². The third kappa shape index (κ3) is 8.52. The third-order valence-corrected chi connectivity index (χ3v) is 2.46. The topological polar surface area (TPSA) is 18.5 Å². The van der Waals surface area contributed by atoms with E-state index in [9.17, 15) is 0 Å². The van der Waals surface area contributed by atoms with Crippen LogP contribution in [0.1, 0.15) is 47.0 Å². The van der Waals surface area contributed by atoms with Crippen molar-refractivity contribution in [1.29, 1.82) is 0 Å². The lowest BCUT2D eigenvalue weighted by atomic mass is 10.1. The summed E-state index contributed by atoms with van der Waals surface area (Å²) in [4.78, 5) is 0. The first kappa shape index (κ1) is 13.9. The Morgan fingerprint density at radius 3 is 2.14 bits per heavy atom. The van der Waals surface area contributed by atoms with Gasteiger partial charge in [0.15, 0.2) is 0 Å². The molecular weight excluding hydrogens is 176 g/mol. The summed E-state index contributed by atoms with van der Waals surface area (Å²) in [6.07, 6.45) is 3.92. The zero-order valence-corrected chi connectivity index (χ0v) is 10.2. The fourth-order valence-electron chi connectivity index (χ4n) is 1.09. The fourth-order valence-corrected chi connectivity index (χ4v) is 1.09. The smallest absolute Gasteiger partial charge is 0.0569 e. The number of ether oxygens (including phenoxy) is 2. The van der Waals surface area contributed by atoms with Gasteiger partial charge in [0.25, 0.3) is 0 Å². The molecule has 0 aromatic rings. The maximum atomic E-state index is 5.67. The molecule has 0 saturated heterocycles. The van der Waals surface area contributed by atoms with E-state index in [4.69, 9.17) is 9.47 Å². The monoisotopic (exact) mass is 202 g/mol. The standard InChI is InChI=1S/C12H26O2/c1-5-13-9-7-6-8-10-14-12(4)11(2)3/h11-12H,5-10H2,1-4H3/t12-/m1/s1. The van der Waals surface area contributed by atoms with Crippen LogP contribution in [-0.2, 0) is 9.47 Å². The van der Waals surface area contributed by atoms with Crippen LogP contribution in [-0.4, -0.2) is 25.9 Å². The van der Waals surface area contributed by atoms with Crippen LogP contribution in [0.4, 0.5) is 0 Å². The highest BCUT2D eigenvalue weighted by molar-refractivity contribution is 4.54. The summed E-state index contributed by atoms with van der Waals surface area (Å²) in [6, 6.07) is 0. The van der Waals surface area contributed by atoms with Crippen molar-refractivity contribution in [2.24, 2.45) is 5.92 Å². The molecule has 0 bridgehead atoms. The number of unbranched alkanes of at least 4 members (excludes halogenated alkanes) is 2. The molecule has 2 heteroatoms. The van der Waals surface area contributed by atoms with Gasteiger partial charge >= 0.3 is 0 Å². The Kier molecular flexibility index (Phi) is 9.42. The Morgan fingerprint density at radius 2 is 1.57 bits per heavy atom. The van der Waals surface area contributed by atoms with E-state index in [1.54, 1.807) is 0 Å². The Bertz CT molecular complexity index is 113. The maximum absolute atomic E-state index is 5.67. The molecule has 0 unspecified atom stereocenters. The zero-order valence-electron chi connectivity index (χ0n) is 10.2. The Hall–Kier alpha value is -0.0800. The minimum absolute atomic E-state index is 0.391. The van der Waals surface area contributed by atoms with E-state index in [1.807, 2.05) is 6.92 Å². The first-order valence-electron chi connectivity index (χ1n) is 5.87.